The SMILES string of the molecule is Cc1cc(/C(O)=C2\C(=O)C(=O)N(Cc3ccco3)C2c2c(C)[nH]c3ccccc23)ccc1OCC(C)C. The number of Topliss-reactive ketones (excluding diaryl/α,β-unsaturated/α-hetero) is 1. The Morgan fingerprint density at radius 2 is 1.89 bits per heavy atom. The zero-order chi connectivity index (χ0) is 26.3. The molecule has 2 aromatic heterocycles. The molecule has 1 aliphatic rings. The Morgan fingerprint density at radius 3 is 2.59 bits per heavy atom. The summed E-state index contributed by atoms with van der Waals surface area (Å²) in [5.74, 6) is 0.0164. The van der Waals surface area contributed by atoms with Crippen LogP contribution < -0.4 is 4.74 Å². The van der Waals surface area contributed by atoms with E-state index >= 15 is 0 Å². The number of fused-ring (bicyclic) bond motifs is 1. The van der Waals surface area contributed by atoms with Crippen LogP contribution in [0, 0.1) is 19.8 Å². The number of likely N-dealkylation sites (tertiary alicyclic amines) is 1. The van der Waals surface area contributed by atoms with Crippen molar-refractivity contribution in [1.82, 2.24) is 9.88 Å². The van der Waals surface area contributed by atoms with Gasteiger partial charge in [0.05, 0.1) is 31.0 Å². The van der Waals surface area contributed by atoms with Crippen molar-refractivity contribution >= 4 is 28.4 Å². The van der Waals surface area contributed by atoms with E-state index in [1.165, 1.54) is 11.2 Å². The summed E-state index contributed by atoms with van der Waals surface area (Å²) in [4.78, 5) is 31.7. The van der Waals surface area contributed by atoms with E-state index in [1.807, 2.05) is 38.1 Å². The van der Waals surface area contributed by atoms with Gasteiger partial charge in [0, 0.05) is 27.7 Å². The molecule has 5 rings (SSSR count). The number of nitrogens with one attached hydrogen (secondary N) is 1. The van der Waals surface area contributed by atoms with Gasteiger partial charge in [-0.2, -0.15) is 0 Å². The summed E-state index contributed by atoms with van der Waals surface area (Å²) in [5.41, 5.74) is 3.82. The Balaban J connectivity index is 1.66. The van der Waals surface area contributed by atoms with Crippen LogP contribution in [0.3, 0.4) is 0 Å². The molecule has 7 heteroatoms. The van der Waals surface area contributed by atoms with E-state index in [9.17, 15) is 14.7 Å². The molecule has 1 atom stereocenters. The number of ether oxygens (including phenoxy) is 1. The molecule has 0 bridgehead atoms. The van der Waals surface area contributed by atoms with Crippen LogP contribution in [-0.2, 0) is 16.1 Å². The van der Waals surface area contributed by atoms with Crippen molar-refractivity contribution in [2.45, 2.75) is 40.3 Å². The van der Waals surface area contributed by atoms with Crippen LogP contribution in [0.15, 0.2) is 70.9 Å². The molecule has 190 valence electrons. The first kappa shape index (κ1) is 24.4. The van der Waals surface area contributed by atoms with E-state index in [2.05, 4.69) is 18.8 Å². The van der Waals surface area contributed by atoms with E-state index in [0.717, 1.165) is 27.7 Å². The molecule has 0 saturated carbocycles. The largest absolute Gasteiger partial charge is 0.507 e. The van der Waals surface area contributed by atoms with Crippen molar-refractivity contribution in [2.24, 2.45) is 5.92 Å². The molecule has 3 heterocycles. The van der Waals surface area contributed by atoms with Crippen molar-refractivity contribution in [3.63, 3.8) is 0 Å². The molecule has 1 fully saturated rings. The van der Waals surface area contributed by atoms with Crippen LogP contribution in [0.5, 0.6) is 5.75 Å². The number of H-pyrrole nitrogens is 1. The first-order chi connectivity index (χ1) is 17.8. The quantitative estimate of drug-likeness (QED) is 0.184. The third kappa shape index (κ3) is 4.42. The van der Waals surface area contributed by atoms with Gasteiger partial charge < -0.3 is 24.1 Å². The average Bonchev–Trinajstić information content (AvgIpc) is 3.56. The van der Waals surface area contributed by atoms with Crippen molar-refractivity contribution in [3.8, 4) is 5.75 Å². The van der Waals surface area contributed by atoms with Crippen LogP contribution in [0.1, 0.15) is 48.0 Å². The number of para-hydroxylation sites is 1. The molecule has 2 N–H and O–H groups in total. The van der Waals surface area contributed by atoms with Gasteiger partial charge in [-0.3, -0.25) is 9.59 Å². The van der Waals surface area contributed by atoms with E-state index in [1.54, 1.807) is 30.3 Å². The average molecular weight is 499 g/mol. The van der Waals surface area contributed by atoms with Gasteiger partial charge in [-0.1, -0.05) is 32.0 Å². The lowest BCUT2D eigenvalue weighted by molar-refractivity contribution is -0.140. The fourth-order valence-electron chi connectivity index (χ4n) is 4.93. The fraction of sp³-hybridized carbons (Fsp3) is 0.267. The second kappa shape index (κ2) is 9.65. The van der Waals surface area contributed by atoms with Gasteiger partial charge in [0.15, 0.2) is 0 Å². The van der Waals surface area contributed by atoms with Crippen molar-refractivity contribution < 1.29 is 23.8 Å². The molecule has 1 unspecified atom stereocenters. The summed E-state index contributed by atoms with van der Waals surface area (Å²) in [7, 11) is 0. The number of carbonyl (C=O) groups is 2. The monoisotopic (exact) mass is 498 g/mol. The van der Waals surface area contributed by atoms with Gasteiger partial charge in [0.1, 0.15) is 17.3 Å². The number of carbonyl (C=O) groups excluding carboxylic acids is 2. The van der Waals surface area contributed by atoms with Crippen LogP contribution in [0.2, 0.25) is 0 Å². The molecule has 0 radical (unpaired) electrons. The van der Waals surface area contributed by atoms with Crippen molar-refractivity contribution in [1.29, 1.82) is 0 Å². The molecule has 4 aromatic rings. The lowest BCUT2D eigenvalue weighted by Gasteiger charge is -2.25. The van der Waals surface area contributed by atoms with Crippen LogP contribution in [-0.4, -0.2) is 33.3 Å². The number of aliphatic hydroxyl groups excluding tert-OH is 1. The second-order valence-corrected chi connectivity index (χ2v) is 9.90. The molecular weight excluding hydrogens is 468 g/mol. The summed E-state index contributed by atoms with van der Waals surface area (Å²) in [5, 5.41) is 12.4. The molecule has 0 spiro atoms. The zero-order valence-electron chi connectivity index (χ0n) is 21.4. The molecule has 1 amide bonds. The minimum absolute atomic E-state index is 0.0552. The normalized spacial score (nSPS) is 17.3. The maximum absolute atomic E-state index is 13.5. The Labute approximate surface area is 215 Å². The van der Waals surface area contributed by atoms with Gasteiger partial charge >= 0.3 is 0 Å². The van der Waals surface area contributed by atoms with Crippen LogP contribution >= 0.6 is 0 Å². The number of benzene rings is 2. The minimum atomic E-state index is -0.793. The second-order valence-electron chi connectivity index (χ2n) is 9.90. The smallest absolute Gasteiger partial charge is 0.296 e. The molecule has 0 aliphatic carbocycles. The maximum Gasteiger partial charge on any atom is 0.296 e. The van der Waals surface area contributed by atoms with Crippen molar-refractivity contribution in [2.75, 3.05) is 6.61 Å². The minimum Gasteiger partial charge on any atom is -0.507 e. The molecule has 1 aliphatic heterocycles. The Hall–Kier alpha value is -4.26. The highest BCUT2D eigenvalue weighted by Crippen LogP contribution is 2.44. The van der Waals surface area contributed by atoms with Gasteiger partial charge in [0.2, 0.25) is 0 Å². The number of aromatic nitrogens is 1. The molecule has 2 aromatic carbocycles. The number of aliphatic hydroxyl groups is 1. The van der Waals surface area contributed by atoms with E-state index in [0.29, 0.717) is 29.6 Å². The Morgan fingerprint density at radius 1 is 1.11 bits per heavy atom. The van der Waals surface area contributed by atoms with Crippen molar-refractivity contribution in [3.05, 3.63) is 94.6 Å². The summed E-state index contributed by atoms with van der Waals surface area (Å²) in [6.45, 7) is 8.62. The van der Waals surface area contributed by atoms with Gasteiger partial charge in [0.25, 0.3) is 11.7 Å². The lowest BCUT2D eigenvalue weighted by atomic mass is 9.93. The third-order valence-corrected chi connectivity index (χ3v) is 6.68. The summed E-state index contributed by atoms with van der Waals surface area (Å²) in [6, 6.07) is 15.7. The maximum atomic E-state index is 13.5. The number of ketones is 1. The standard InChI is InChI=1S/C30H30N2O5/c1-17(2)16-37-24-12-11-20(14-18(24)3)28(33)26-27(25-19(4)31-23-10-6-5-9-22(23)25)32(30(35)29(26)34)15-21-8-7-13-36-21/h5-14,17,27,31,33H,15-16H2,1-4H3/b28-26+. The number of nitrogens with zero attached hydrogens (tertiary/aromatic N) is 1. The molecule has 37 heavy (non-hydrogen) atoms. The number of aromatic amines is 1. The topological polar surface area (TPSA) is 95.8 Å². The predicted molar refractivity (Wildman–Crippen MR) is 141 cm³/mol. The molecule has 7 nitrogen and oxygen atoms in total. The summed E-state index contributed by atoms with van der Waals surface area (Å²) in [6.07, 6.45) is 1.53. The van der Waals surface area contributed by atoms with E-state index in [4.69, 9.17) is 9.15 Å². The Kier molecular flexibility index (Phi) is 6.38. The van der Waals surface area contributed by atoms with E-state index < -0.39 is 17.7 Å². The number of furan rings is 1. The zero-order valence-corrected chi connectivity index (χ0v) is 21.4. The fourth-order valence-corrected chi connectivity index (χ4v) is 4.93. The molecular formula is C30H30N2O5. The highest BCUT2D eigenvalue weighted by atomic mass is 16.5. The van der Waals surface area contributed by atoms with Crippen LogP contribution in [0.4, 0.5) is 0 Å². The number of aryl methyl sites for hydroxylation is 2. The highest BCUT2D eigenvalue weighted by molar-refractivity contribution is 6.46. The van der Waals surface area contributed by atoms with Gasteiger partial charge in [-0.05, 0) is 61.7 Å². The number of rotatable bonds is 7. The summed E-state index contributed by atoms with van der Waals surface area (Å²) >= 11 is 0. The highest BCUT2D eigenvalue weighted by Gasteiger charge is 2.47. The van der Waals surface area contributed by atoms with Crippen LogP contribution in [0.25, 0.3) is 16.7 Å². The number of hydrogen-bond acceptors (Lipinski definition) is 5. The summed E-state index contributed by atoms with van der Waals surface area (Å²) < 4.78 is 11.4. The first-order valence-corrected chi connectivity index (χ1v) is 12.4. The van der Waals surface area contributed by atoms with Gasteiger partial charge in [-0.25, -0.2) is 0 Å². The first-order valence-electron chi connectivity index (χ1n) is 12.4. The predicted octanol–water partition coefficient (Wildman–Crippen LogP) is 6.03. The van der Waals surface area contributed by atoms with Gasteiger partial charge in [-0.15, -0.1) is 0 Å². The Bertz CT molecular complexity index is 1510. The van der Waals surface area contributed by atoms with E-state index in [-0.39, 0.29) is 17.9 Å². The lowest BCUT2D eigenvalue weighted by Crippen LogP contribution is -2.29. The molecule has 1 saturated heterocycles. The number of hydrogen-bond donors (Lipinski definition) is 2. The third-order valence-electron chi connectivity index (χ3n) is 6.68. The number of amides is 1.